The first kappa shape index (κ1) is 16.0. The lowest BCUT2D eigenvalue weighted by molar-refractivity contribution is -0.122. The van der Waals surface area contributed by atoms with Gasteiger partial charge in [0.25, 0.3) is 5.91 Å². The van der Waals surface area contributed by atoms with Crippen molar-refractivity contribution in [1.82, 2.24) is 0 Å². The number of thioether (sulfide) groups is 1. The molecule has 1 saturated heterocycles. The Hall–Kier alpha value is -1.33. The van der Waals surface area contributed by atoms with Crippen LogP contribution in [0.25, 0.3) is 0 Å². The fourth-order valence-electron chi connectivity index (χ4n) is 2.67. The summed E-state index contributed by atoms with van der Waals surface area (Å²) >= 11 is 1.37. The maximum atomic E-state index is 12.4. The van der Waals surface area contributed by atoms with Crippen LogP contribution in [0.2, 0.25) is 0 Å². The van der Waals surface area contributed by atoms with Gasteiger partial charge in [0, 0.05) is 31.0 Å². The zero-order valence-electron chi connectivity index (χ0n) is 12.7. The van der Waals surface area contributed by atoms with Gasteiger partial charge in [0.2, 0.25) is 0 Å². The minimum atomic E-state index is -0.0976. The SMILES string of the molecule is COCC(=O)N(CC1CCSC1=O)c1c(C)cccc1C. The zero-order chi connectivity index (χ0) is 15.4. The number of carbonyl (C=O) groups excluding carboxylic acids is 2. The minimum Gasteiger partial charge on any atom is -0.375 e. The second-order valence-electron chi connectivity index (χ2n) is 5.33. The molecule has 1 aliphatic rings. The standard InChI is InChI=1S/C16H21NO3S/c1-11-5-4-6-12(2)15(11)17(14(18)10-20-3)9-13-7-8-21-16(13)19/h4-6,13H,7-10H2,1-3H3. The van der Waals surface area contributed by atoms with Crippen molar-refractivity contribution in [2.24, 2.45) is 5.92 Å². The van der Waals surface area contributed by atoms with Crippen molar-refractivity contribution in [2.45, 2.75) is 20.3 Å². The fourth-order valence-corrected chi connectivity index (χ4v) is 3.71. The molecular weight excluding hydrogens is 286 g/mol. The lowest BCUT2D eigenvalue weighted by Gasteiger charge is -2.28. The first-order valence-electron chi connectivity index (χ1n) is 7.06. The Morgan fingerprint density at radius 1 is 1.38 bits per heavy atom. The molecule has 1 aromatic rings. The van der Waals surface area contributed by atoms with Gasteiger partial charge in [-0.2, -0.15) is 0 Å². The third-order valence-electron chi connectivity index (χ3n) is 3.73. The maximum Gasteiger partial charge on any atom is 0.252 e. The quantitative estimate of drug-likeness (QED) is 0.839. The summed E-state index contributed by atoms with van der Waals surface area (Å²) in [6.07, 6.45) is 0.838. The zero-order valence-corrected chi connectivity index (χ0v) is 13.5. The number of rotatable bonds is 5. The summed E-state index contributed by atoms with van der Waals surface area (Å²) in [6, 6.07) is 5.95. The molecule has 5 heteroatoms. The van der Waals surface area contributed by atoms with E-state index in [9.17, 15) is 9.59 Å². The Morgan fingerprint density at radius 2 is 2.05 bits per heavy atom. The van der Waals surface area contributed by atoms with Crippen molar-refractivity contribution in [2.75, 3.05) is 30.9 Å². The van der Waals surface area contributed by atoms with Crippen LogP contribution in [0.5, 0.6) is 0 Å². The van der Waals surface area contributed by atoms with Gasteiger partial charge < -0.3 is 9.64 Å². The molecule has 1 fully saturated rings. The van der Waals surface area contributed by atoms with E-state index in [0.29, 0.717) is 6.54 Å². The molecule has 1 aromatic carbocycles. The number of benzene rings is 1. The van der Waals surface area contributed by atoms with Crippen LogP contribution in [0.15, 0.2) is 18.2 Å². The second kappa shape index (κ2) is 7.09. The van der Waals surface area contributed by atoms with Crippen molar-refractivity contribution >= 4 is 28.5 Å². The maximum absolute atomic E-state index is 12.4. The molecule has 0 N–H and O–H groups in total. The number of methoxy groups -OCH3 is 1. The molecule has 1 unspecified atom stereocenters. The van der Waals surface area contributed by atoms with Crippen LogP contribution in [0.3, 0.4) is 0 Å². The molecule has 21 heavy (non-hydrogen) atoms. The van der Waals surface area contributed by atoms with Crippen LogP contribution < -0.4 is 4.90 Å². The first-order chi connectivity index (χ1) is 10.0. The number of para-hydroxylation sites is 1. The van der Waals surface area contributed by atoms with Crippen molar-refractivity contribution in [3.63, 3.8) is 0 Å². The molecule has 1 aliphatic heterocycles. The lowest BCUT2D eigenvalue weighted by atomic mass is 10.0. The first-order valence-corrected chi connectivity index (χ1v) is 8.05. The summed E-state index contributed by atoms with van der Waals surface area (Å²) in [5.74, 6) is 0.678. The molecule has 0 aromatic heterocycles. The van der Waals surface area contributed by atoms with E-state index in [1.807, 2.05) is 32.0 Å². The summed E-state index contributed by atoms with van der Waals surface area (Å²) in [4.78, 5) is 26.0. The third-order valence-corrected chi connectivity index (χ3v) is 4.78. The topological polar surface area (TPSA) is 46.6 Å². The summed E-state index contributed by atoms with van der Waals surface area (Å²) in [5, 5.41) is 0.191. The number of aryl methyl sites for hydroxylation is 2. The summed E-state index contributed by atoms with van der Waals surface area (Å²) in [6.45, 7) is 4.45. The number of carbonyl (C=O) groups is 2. The number of hydrogen-bond donors (Lipinski definition) is 0. The Balaban J connectivity index is 2.31. The van der Waals surface area contributed by atoms with Gasteiger partial charge in [-0.1, -0.05) is 30.0 Å². The van der Waals surface area contributed by atoms with Crippen LogP contribution in [-0.4, -0.2) is 37.0 Å². The highest BCUT2D eigenvalue weighted by molar-refractivity contribution is 8.14. The Morgan fingerprint density at radius 3 is 2.57 bits per heavy atom. The van der Waals surface area contributed by atoms with E-state index in [1.165, 1.54) is 18.9 Å². The molecule has 2 rings (SSSR count). The van der Waals surface area contributed by atoms with Crippen LogP contribution in [0, 0.1) is 19.8 Å². The van der Waals surface area contributed by atoms with Crippen LogP contribution >= 0.6 is 11.8 Å². The number of ether oxygens (including phenoxy) is 1. The van der Waals surface area contributed by atoms with Crippen molar-refractivity contribution < 1.29 is 14.3 Å². The molecule has 4 nitrogen and oxygen atoms in total. The van der Waals surface area contributed by atoms with Crippen molar-refractivity contribution in [1.29, 1.82) is 0 Å². The van der Waals surface area contributed by atoms with Gasteiger partial charge in [-0.05, 0) is 31.4 Å². The second-order valence-corrected chi connectivity index (χ2v) is 6.43. The van der Waals surface area contributed by atoms with Gasteiger partial charge in [-0.25, -0.2) is 0 Å². The normalized spacial score (nSPS) is 18.0. The number of amides is 1. The van der Waals surface area contributed by atoms with E-state index in [1.54, 1.807) is 4.90 Å². The molecule has 114 valence electrons. The summed E-state index contributed by atoms with van der Waals surface area (Å²) in [7, 11) is 1.51. The van der Waals surface area contributed by atoms with E-state index in [4.69, 9.17) is 4.74 Å². The third kappa shape index (κ3) is 3.66. The highest BCUT2D eigenvalue weighted by Crippen LogP contribution is 2.30. The van der Waals surface area contributed by atoms with Gasteiger partial charge >= 0.3 is 0 Å². The highest BCUT2D eigenvalue weighted by Gasteiger charge is 2.30. The highest BCUT2D eigenvalue weighted by atomic mass is 32.2. The Kier molecular flexibility index (Phi) is 5.42. The molecule has 0 saturated carbocycles. The van der Waals surface area contributed by atoms with Crippen molar-refractivity contribution in [3.05, 3.63) is 29.3 Å². The van der Waals surface area contributed by atoms with Crippen LogP contribution in [0.4, 0.5) is 5.69 Å². The average Bonchev–Trinajstić information content (AvgIpc) is 2.83. The molecule has 1 amide bonds. The van der Waals surface area contributed by atoms with E-state index in [-0.39, 0.29) is 23.5 Å². The molecule has 0 bridgehead atoms. The van der Waals surface area contributed by atoms with E-state index in [0.717, 1.165) is 29.0 Å². The number of hydrogen-bond acceptors (Lipinski definition) is 4. The monoisotopic (exact) mass is 307 g/mol. The van der Waals surface area contributed by atoms with Gasteiger partial charge in [0.1, 0.15) is 6.61 Å². The summed E-state index contributed by atoms with van der Waals surface area (Å²) < 4.78 is 5.00. The van der Waals surface area contributed by atoms with Crippen LogP contribution in [-0.2, 0) is 14.3 Å². The molecule has 1 atom stereocenters. The predicted molar refractivity (Wildman–Crippen MR) is 85.7 cm³/mol. The van der Waals surface area contributed by atoms with Gasteiger partial charge in [0.05, 0.1) is 0 Å². The molecule has 1 heterocycles. The number of anilines is 1. The van der Waals surface area contributed by atoms with Gasteiger partial charge in [0.15, 0.2) is 5.12 Å². The largest absolute Gasteiger partial charge is 0.375 e. The number of nitrogens with zero attached hydrogens (tertiary/aromatic N) is 1. The summed E-state index contributed by atoms with van der Waals surface area (Å²) in [5.41, 5.74) is 2.99. The molecule has 0 aliphatic carbocycles. The van der Waals surface area contributed by atoms with Crippen LogP contribution in [0.1, 0.15) is 17.5 Å². The van der Waals surface area contributed by atoms with Crippen molar-refractivity contribution in [3.8, 4) is 0 Å². The van der Waals surface area contributed by atoms with Gasteiger partial charge in [-0.3, -0.25) is 9.59 Å². The molecule has 0 radical (unpaired) electrons. The Bertz CT molecular complexity index is 524. The van der Waals surface area contributed by atoms with E-state index >= 15 is 0 Å². The molecular formula is C16H21NO3S. The van der Waals surface area contributed by atoms with E-state index in [2.05, 4.69) is 0 Å². The van der Waals surface area contributed by atoms with Gasteiger partial charge in [-0.15, -0.1) is 0 Å². The molecule has 0 spiro atoms. The predicted octanol–water partition coefficient (Wildman–Crippen LogP) is 2.56. The van der Waals surface area contributed by atoms with E-state index < -0.39 is 0 Å². The lowest BCUT2D eigenvalue weighted by Crippen LogP contribution is -2.39. The fraction of sp³-hybridized carbons (Fsp3) is 0.500. The average molecular weight is 307 g/mol. The smallest absolute Gasteiger partial charge is 0.252 e. The Labute approximate surface area is 129 Å². The minimum absolute atomic E-state index is 0.0296.